The number of hydrogen-bond donors (Lipinski definition) is 2. The fraction of sp³-hybridized carbons (Fsp3) is 0.556. The van der Waals surface area contributed by atoms with Gasteiger partial charge in [0.25, 0.3) is 0 Å². The van der Waals surface area contributed by atoms with Crippen molar-refractivity contribution in [2.75, 3.05) is 13.1 Å². The lowest BCUT2D eigenvalue weighted by atomic mass is 10.1. The topological polar surface area (TPSA) is 38.0 Å². The van der Waals surface area contributed by atoms with Crippen LogP contribution >= 0.6 is 11.8 Å². The molecule has 0 atom stereocenters. The van der Waals surface area contributed by atoms with Crippen LogP contribution in [0.1, 0.15) is 19.3 Å². The van der Waals surface area contributed by atoms with Crippen molar-refractivity contribution in [1.29, 1.82) is 0 Å². The molecule has 0 saturated carbocycles. The molecule has 3 N–H and O–H groups in total. The Balaban J connectivity index is 2.13. The van der Waals surface area contributed by atoms with Gasteiger partial charge in [-0.2, -0.15) is 0 Å². The Morgan fingerprint density at radius 1 is 1.33 bits per heavy atom. The van der Waals surface area contributed by atoms with Crippen LogP contribution in [0.4, 0.5) is 0 Å². The molecule has 0 aromatic rings. The average molecular weight is 182 g/mol. The van der Waals surface area contributed by atoms with E-state index in [4.69, 9.17) is 5.73 Å². The van der Waals surface area contributed by atoms with Crippen LogP contribution in [0.2, 0.25) is 0 Å². The zero-order valence-corrected chi connectivity index (χ0v) is 7.91. The third-order valence-corrected chi connectivity index (χ3v) is 3.46. The summed E-state index contributed by atoms with van der Waals surface area (Å²) >= 11 is 1.76. The van der Waals surface area contributed by atoms with Crippen LogP contribution in [-0.4, -0.2) is 13.1 Å². The molecule has 0 radical (unpaired) electrons. The maximum absolute atomic E-state index is 5.76. The molecule has 0 fully saturated rings. The summed E-state index contributed by atoms with van der Waals surface area (Å²) in [6, 6.07) is 0. The van der Waals surface area contributed by atoms with E-state index in [1.54, 1.807) is 17.3 Å². The highest BCUT2D eigenvalue weighted by Gasteiger charge is 2.14. The fourth-order valence-electron chi connectivity index (χ4n) is 1.63. The molecule has 2 nitrogen and oxygen atoms in total. The van der Waals surface area contributed by atoms with Crippen LogP contribution in [0.5, 0.6) is 0 Å². The normalized spacial score (nSPS) is 24.5. The molecule has 2 aliphatic rings. The van der Waals surface area contributed by atoms with Gasteiger partial charge in [0.15, 0.2) is 0 Å². The van der Waals surface area contributed by atoms with E-state index in [-0.39, 0.29) is 0 Å². The van der Waals surface area contributed by atoms with E-state index >= 15 is 0 Å². The molecule has 12 heavy (non-hydrogen) atoms. The van der Waals surface area contributed by atoms with Crippen LogP contribution in [0.25, 0.3) is 0 Å². The standard InChI is InChI=1S/C9H14N2S/c10-9-2-1-7-3-5-11-6-4-8(7)12-9/h2,11H,1,3-6,10H2. The molecule has 2 aliphatic heterocycles. The second-order valence-corrected chi connectivity index (χ2v) is 4.36. The van der Waals surface area contributed by atoms with Gasteiger partial charge in [0, 0.05) is 0 Å². The first-order valence-electron chi connectivity index (χ1n) is 4.41. The van der Waals surface area contributed by atoms with Gasteiger partial charge in [0.1, 0.15) is 0 Å². The van der Waals surface area contributed by atoms with Crippen molar-refractivity contribution in [2.24, 2.45) is 5.73 Å². The first-order chi connectivity index (χ1) is 5.86. The SMILES string of the molecule is NC1=CCC2=C(CCNCC2)S1. The van der Waals surface area contributed by atoms with Gasteiger partial charge in [-0.1, -0.05) is 23.4 Å². The molecule has 0 aromatic heterocycles. The Kier molecular flexibility index (Phi) is 2.42. The molecule has 66 valence electrons. The maximum atomic E-state index is 5.76. The lowest BCUT2D eigenvalue weighted by Crippen LogP contribution is -2.14. The Bertz CT molecular complexity index is 243. The van der Waals surface area contributed by atoms with Gasteiger partial charge < -0.3 is 11.1 Å². The highest BCUT2D eigenvalue weighted by Crippen LogP contribution is 2.35. The zero-order valence-electron chi connectivity index (χ0n) is 7.10. The third kappa shape index (κ3) is 1.67. The average Bonchev–Trinajstić information content (AvgIpc) is 2.28. The molecule has 0 aromatic carbocycles. The number of allylic oxidation sites excluding steroid dienone is 1. The molecule has 0 spiro atoms. The van der Waals surface area contributed by atoms with Crippen molar-refractivity contribution >= 4 is 11.8 Å². The second-order valence-electron chi connectivity index (χ2n) is 3.19. The summed E-state index contributed by atoms with van der Waals surface area (Å²) in [4.78, 5) is 1.51. The smallest absolute Gasteiger partial charge is 0.0663 e. The van der Waals surface area contributed by atoms with Crippen molar-refractivity contribution < 1.29 is 0 Å². The number of thioether (sulfide) groups is 1. The summed E-state index contributed by atoms with van der Waals surface area (Å²) in [5.41, 5.74) is 7.36. The Hall–Kier alpha value is -0.410. The van der Waals surface area contributed by atoms with Crippen LogP contribution in [0.3, 0.4) is 0 Å². The lowest BCUT2D eigenvalue weighted by molar-refractivity contribution is 0.707. The molecule has 0 bridgehead atoms. The molecule has 0 saturated heterocycles. The van der Waals surface area contributed by atoms with Crippen molar-refractivity contribution in [2.45, 2.75) is 19.3 Å². The van der Waals surface area contributed by atoms with E-state index < -0.39 is 0 Å². The predicted molar refractivity (Wildman–Crippen MR) is 53.6 cm³/mol. The number of nitrogens with two attached hydrogens (primary N) is 1. The fourth-order valence-corrected chi connectivity index (χ4v) is 2.61. The van der Waals surface area contributed by atoms with Gasteiger partial charge in [0.05, 0.1) is 5.03 Å². The number of hydrogen-bond acceptors (Lipinski definition) is 3. The third-order valence-electron chi connectivity index (χ3n) is 2.32. The van der Waals surface area contributed by atoms with Crippen molar-refractivity contribution in [1.82, 2.24) is 5.32 Å². The minimum absolute atomic E-state index is 0.982. The van der Waals surface area contributed by atoms with E-state index in [1.165, 1.54) is 11.3 Å². The van der Waals surface area contributed by atoms with Crippen molar-refractivity contribution in [3.05, 3.63) is 21.6 Å². The quantitative estimate of drug-likeness (QED) is 0.597. The van der Waals surface area contributed by atoms with Gasteiger partial charge in [-0.25, -0.2) is 0 Å². The largest absolute Gasteiger partial charge is 0.394 e. The molecule has 2 heterocycles. The van der Waals surface area contributed by atoms with E-state index in [9.17, 15) is 0 Å². The molecular weight excluding hydrogens is 168 g/mol. The number of rotatable bonds is 0. The molecular formula is C9H14N2S. The highest BCUT2D eigenvalue weighted by molar-refractivity contribution is 8.06. The van der Waals surface area contributed by atoms with Gasteiger partial charge in [-0.05, 0) is 37.3 Å². The molecule has 0 aliphatic carbocycles. The van der Waals surface area contributed by atoms with Gasteiger partial charge in [0.2, 0.25) is 0 Å². The Morgan fingerprint density at radius 3 is 3.08 bits per heavy atom. The highest BCUT2D eigenvalue weighted by atomic mass is 32.2. The first-order valence-corrected chi connectivity index (χ1v) is 5.23. The van der Waals surface area contributed by atoms with Crippen molar-refractivity contribution in [3.8, 4) is 0 Å². The summed E-state index contributed by atoms with van der Waals surface area (Å²) in [7, 11) is 0. The van der Waals surface area contributed by atoms with Crippen LogP contribution in [-0.2, 0) is 0 Å². The monoisotopic (exact) mass is 182 g/mol. The summed E-state index contributed by atoms with van der Waals surface area (Å²) < 4.78 is 0. The van der Waals surface area contributed by atoms with Crippen LogP contribution in [0, 0.1) is 0 Å². The summed E-state index contributed by atoms with van der Waals surface area (Å²) in [5, 5.41) is 4.38. The van der Waals surface area contributed by atoms with Crippen LogP contribution in [0.15, 0.2) is 21.6 Å². The molecule has 0 unspecified atom stereocenters. The molecule has 3 heteroatoms. The minimum atomic E-state index is 0.982. The maximum Gasteiger partial charge on any atom is 0.0663 e. The number of nitrogens with one attached hydrogen (secondary N) is 1. The zero-order chi connectivity index (χ0) is 8.39. The molecule has 0 amide bonds. The Morgan fingerprint density at radius 2 is 2.17 bits per heavy atom. The second kappa shape index (κ2) is 3.54. The van der Waals surface area contributed by atoms with E-state index in [0.717, 1.165) is 31.0 Å². The lowest BCUT2D eigenvalue weighted by Gasteiger charge is -2.15. The van der Waals surface area contributed by atoms with Crippen molar-refractivity contribution in [3.63, 3.8) is 0 Å². The Labute approximate surface area is 77.3 Å². The van der Waals surface area contributed by atoms with E-state index in [1.807, 2.05) is 0 Å². The summed E-state index contributed by atoms with van der Waals surface area (Å²) in [6.07, 6.45) is 5.57. The summed E-state index contributed by atoms with van der Waals surface area (Å²) in [5.74, 6) is 0. The van der Waals surface area contributed by atoms with Gasteiger partial charge in [-0.3, -0.25) is 0 Å². The van der Waals surface area contributed by atoms with Gasteiger partial charge >= 0.3 is 0 Å². The van der Waals surface area contributed by atoms with Gasteiger partial charge in [-0.15, -0.1) is 0 Å². The molecule has 2 rings (SSSR count). The predicted octanol–water partition coefficient (Wildman–Crippen LogP) is 1.56. The van der Waals surface area contributed by atoms with Crippen LogP contribution < -0.4 is 11.1 Å². The van der Waals surface area contributed by atoms with E-state index in [0.29, 0.717) is 0 Å². The summed E-state index contributed by atoms with van der Waals surface area (Å²) in [6.45, 7) is 2.24. The minimum Gasteiger partial charge on any atom is -0.394 e. The first kappa shape index (κ1) is 8.20. The van der Waals surface area contributed by atoms with E-state index in [2.05, 4.69) is 11.4 Å².